The Morgan fingerprint density at radius 3 is 2.29 bits per heavy atom. The first-order chi connectivity index (χ1) is 6.65. The molecule has 2 aromatic heterocycles. The molecule has 7 nitrogen and oxygen atoms in total. The highest BCUT2D eigenvalue weighted by Crippen LogP contribution is 2.12. The molecule has 2 heterocycles. The van der Waals surface area contributed by atoms with Crippen molar-refractivity contribution in [2.45, 2.75) is 0 Å². The Balaban J connectivity index is 2.51. The number of anilines is 2. The number of nitrogens with two attached hydrogens (primary N) is 2. The molecule has 4 N–H and O–H groups in total. The number of aryl methyl sites for hydroxylation is 1. The molecule has 14 heavy (non-hydrogen) atoms. The van der Waals surface area contributed by atoms with Gasteiger partial charge in [0, 0.05) is 13.2 Å². The van der Waals surface area contributed by atoms with E-state index in [1.165, 1.54) is 0 Å². The van der Waals surface area contributed by atoms with Crippen LogP contribution in [-0.2, 0) is 7.05 Å². The molecule has 0 saturated heterocycles. The fourth-order valence-corrected chi connectivity index (χ4v) is 1.05. The summed E-state index contributed by atoms with van der Waals surface area (Å²) in [5, 5.41) is 0. The van der Waals surface area contributed by atoms with Gasteiger partial charge in [-0.3, -0.25) is 0 Å². The van der Waals surface area contributed by atoms with Crippen molar-refractivity contribution in [2.75, 3.05) is 11.5 Å². The highest BCUT2D eigenvalue weighted by Gasteiger charge is 2.06. The van der Waals surface area contributed by atoms with Crippen LogP contribution in [0.15, 0.2) is 12.5 Å². The maximum atomic E-state index is 5.43. The zero-order valence-corrected chi connectivity index (χ0v) is 7.55. The van der Waals surface area contributed by atoms with E-state index in [0.717, 1.165) is 0 Å². The number of nitrogens with zero attached hydrogens (tertiary/aromatic N) is 5. The molecule has 0 aliphatic carbocycles. The van der Waals surface area contributed by atoms with Crippen molar-refractivity contribution in [1.29, 1.82) is 0 Å². The van der Waals surface area contributed by atoms with Gasteiger partial charge in [-0.2, -0.15) is 15.0 Å². The lowest BCUT2D eigenvalue weighted by Gasteiger charge is -1.97. The largest absolute Gasteiger partial charge is 0.368 e. The lowest BCUT2D eigenvalue weighted by molar-refractivity contribution is 0.913. The molecule has 0 saturated carbocycles. The van der Waals surface area contributed by atoms with E-state index in [9.17, 15) is 0 Å². The third-order valence-electron chi connectivity index (χ3n) is 1.60. The van der Waals surface area contributed by atoms with Gasteiger partial charge in [0.2, 0.25) is 11.9 Å². The van der Waals surface area contributed by atoms with Gasteiger partial charge in [-0.25, -0.2) is 4.98 Å². The zero-order chi connectivity index (χ0) is 10.1. The molecule has 0 radical (unpaired) electrons. The molecule has 0 spiro atoms. The number of rotatable bonds is 1. The Morgan fingerprint density at radius 1 is 1.14 bits per heavy atom. The number of aromatic nitrogens is 5. The Bertz CT molecular complexity index is 441. The van der Waals surface area contributed by atoms with Crippen LogP contribution in [0.4, 0.5) is 11.9 Å². The first kappa shape index (κ1) is 8.42. The van der Waals surface area contributed by atoms with Crippen molar-refractivity contribution in [3.8, 4) is 11.5 Å². The summed E-state index contributed by atoms with van der Waals surface area (Å²) in [5.74, 6) is 0.576. The van der Waals surface area contributed by atoms with Gasteiger partial charge < -0.3 is 16.0 Å². The van der Waals surface area contributed by atoms with Gasteiger partial charge in [0.05, 0.1) is 6.33 Å². The van der Waals surface area contributed by atoms with E-state index in [0.29, 0.717) is 11.5 Å². The summed E-state index contributed by atoms with van der Waals surface area (Å²) in [6.07, 6.45) is 3.42. The second-order valence-corrected chi connectivity index (χ2v) is 2.80. The van der Waals surface area contributed by atoms with Crippen LogP contribution in [0, 0.1) is 0 Å². The van der Waals surface area contributed by atoms with E-state index in [4.69, 9.17) is 11.5 Å². The third kappa shape index (κ3) is 1.47. The standard InChI is InChI=1S/C7H9N7/c1-14-2-4(10-3-14)5-11-6(8)13-7(9)12-5/h2-3H,1H3,(H4,8,9,11,12,13). The van der Waals surface area contributed by atoms with Crippen LogP contribution in [0.5, 0.6) is 0 Å². The molecule has 0 unspecified atom stereocenters. The fraction of sp³-hybridized carbons (Fsp3) is 0.143. The van der Waals surface area contributed by atoms with Crippen molar-refractivity contribution in [3.05, 3.63) is 12.5 Å². The molecule has 72 valence electrons. The maximum Gasteiger partial charge on any atom is 0.225 e. The van der Waals surface area contributed by atoms with E-state index in [2.05, 4.69) is 19.9 Å². The SMILES string of the molecule is Cn1cnc(-c2nc(N)nc(N)n2)c1. The smallest absolute Gasteiger partial charge is 0.225 e. The van der Waals surface area contributed by atoms with Gasteiger partial charge in [-0.05, 0) is 0 Å². The number of hydrogen-bond donors (Lipinski definition) is 2. The predicted octanol–water partition coefficient (Wildman–Crippen LogP) is -0.564. The van der Waals surface area contributed by atoms with E-state index in [-0.39, 0.29) is 11.9 Å². The summed E-state index contributed by atoms with van der Waals surface area (Å²) in [6, 6.07) is 0. The van der Waals surface area contributed by atoms with E-state index < -0.39 is 0 Å². The van der Waals surface area contributed by atoms with Crippen molar-refractivity contribution in [3.63, 3.8) is 0 Å². The van der Waals surface area contributed by atoms with Crippen molar-refractivity contribution in [1.82, 2.24) is 24.5 Å². The molecule has 0 aliphatic heterocycles. The summed E-state index contributed by atoms with van der Waals surface area (Å²) < 4.78 is 1.78. The maximum absolute atomic E-state index is 5.43. The van der Waals surface area contributed by atoms with Gasteiger partial charge in [-0.1, -0.05) is 0 Å². The average Bonchev–Trinajstić information content (AvgIpc) is 2.50. The predicted molar refractivity (Wildman–Crippen MR) is 50.9 cm³/mol. The molecule has 0 bridgehead atoms. The quantitative estimate of drug-likeness (QED) is 0.625. The molecule has 2 aromatic rings. The fourth-order valence-electron chi connectivity index (χ4n) is 1.05. The topological polar surface area (TPSA) is 109 Å². The normalized spacial score (nSPS) is 10.4. The van der Waals surface area contributed by atoms with Crippen LogP contribution >= 0.6 is 0 Å². The highest BCUT2D eigenvalue weighted by molar-refractivity contribution is 5.50. The molecular formula is C7H9N7. The van der Waals surface area contributed by atoms with Gasteiger partial charge in [0.1, 0.15) is 5.69 Å². The van der Waals surface area contributed by atoms with Crippen LogP contribution in [0.25, 0.3) is 11.5 Å². The molecule has 0 atom stereocenters. The minimum atomic E-state index is 0.0955. The van der Waals surface area contributed by atoms with Crippen LogP contribution in [0.3, 0.4) is 0 Å². The van der Waals surface area contributed by atoms with Crippen LogP contribution < -0.4 is 11.5 Å². The highest BCUT2D eigenvalue weighted by atomic mass is 15.2. The zero-order valence-electron chi connectivity index (χ0n) is 7.55. The summed E-state index contributed by atoms with van der Waals surface area (Å²) in [6.45, 7) is 0. The van der Waals surface area contributed by atoms with Crippen molar-refractivity contribution >= 4 is 11.9 Å². The van der Waals surface area contributed by atoms with Crippen LogP contribution in [-0.4, -0.2) is 24.5 Å². The minimum Gasteiger partial charge on any atom is -0.368 e. The Kier molecular flexibility index (Phi) is 1.77. The second-order valence-electron chi connectivity index (χ2n) is 2.80. The van der Waals surface area contributed by atoms with Gasteiger partial charge in [-0.15, -0.1) is 0 Å². The van der Waals surface area contributed by atoms with Crippen molar-refractivity contribution < 1.29 is 0 Å². The van der Waals surface area contributed by atoms with Gasteiger partial charge in [0.15, 0.2) is 5.82 Å². The van der Waals surface area contributed by atoms with Crippen LogP contribution in [0.2, 0.25) is 0 Å². The Labute approximate surface area is 79.8 Å². The van der Waals surface area contributed by atoms with E-state index in [1.54, 1.807) is 17.1 Å². The lowest BCUT2D eigenvalue weighted by Crippen LogP contribution is -2.04. The first-order valence-electron chi connectivity index (χ1n) is 3.90. The molecule has 7 heteroatoms. The third-order valence-corrected chi connectivity index (χ3v) is 1.60. The van der Waals surface area contributed by atoms with Gasteiger partial charge in [0.25, 0.3) is 0 Å². The van der Waals surface area contributed by atoms with E-state index >= 15 is 0 Å². The molecule has 0 amide bonds. The number of imidazole rings is 1. The summed E-state index contributed by atoms with van der Waals surface area (Å²) in [4.78, 5) is 15.6. The summed E-state index contributed by atoms with van der Waals surface area (Å²) >= 11 is 0. The number of nitrogen functional groups attached to an aromatic ring is 2. The summed E-state index contributed by atoms with van der Waals surface area (Å²) in [5.41, 5.74) is 11.5. The monoisotopic (exact) mass is 191 g/mol. The Morgan fingerprint density at radius 2 is 1.79 bits per heavy atom. The number of hydrogen-bond acceptors (Lipinski definition) is 6. The lowest BCUT2D eigenvalue weighted by atomic mass is 10.4. The van der Waals surface area contributed by atoms with Gasteiger partial charge >= 0.3 is 0 Å². The van der Waals surface area contributed by atoms with Crippen molar-refractivity contribution in [2.24, 2.45) is 7.05 Å². The Hall–Kier alpha value is -2.18. The second kappa shape index (κ2) is 2.95. The summed E-state index contributed by atoms with van der Waals surface area (Å²) in [7, 11) is 1.85. The molecular weight excluding hydrogens is 182 g/mol. The molecule has 0 aromatic carbocycles. The average molecular weight is 191 g/mol. The molecule has 0 fully saturated rings. The molecule has 0 aliphatic rings. The van der Waals surface area contributed by atoms with Crippen LogP contribution in [0.1, 0.15) is 0 Å². The first-order valence-corrected chi connectivity index (χ1v) is 3.90. The minimum absolute atomic E-state index is 0.0955. The molecule has 2 rings (SSSR count). The van der Waals surface area contributed by atoms with E-state index in [1.807, 2.05) is 7.05 Å².